The zero-order valence-corrected chi connectivity index (χ0v) is 21.1. The normalized spacial score (nSPS) is 16.3. The van der Waals surface area contributed by atoms with Gasteiger partial charge in [-0.15, -0.1) is 12.4 Å². The van der Waals surface area contributed by atoms with Crippen molar-refractivity contribution in [2.45, 2.75) is 32.5 Å². The number of halogens is 2. The van der Waals surface area contributed by atoms with Gasteiger partial charge in [-0.1, -0.05) is 42.5 Å². The lowest BCUT2D eigenvalue weighted by molar-refractivity contribution is -0.129. The van der Waals surface area contributed by atoms with E-state index in [4.69, 9.17) is 4.74 Å². The van der Waals surface area contributed by atoms with E-state index in [1.54, 1.807) is 18.9 Å². The van der Waals surface area contributed by atoms with E-state index in [1.165, 1.54) is 0 Å². The number of aryl methyl sites for hydroxylation is 1. The lowest BCUT2D eigenvalue weighted by Crippen LogP contribution is -2.53. The second-order valence-corrected chi connectivity index (χ2v) is 8.83. The van der Waals surface area contributed by atoms with E-state index in [1.807, 2.05) is 30.3 Å². The van der Waals surface area contributed by atoms with Crippen LogP contribution in [0.25, 0.3) is 10.8 Å². The minimum Gasteiger partial charge on any atom is -0.487 e. The number of amides is 2. The highest BCUT2D eigenvalue weighted by atomic mass is 79.9. The molecule has 2 atom stereocenters. The molecule has 4 rings (SSSR count). The van der Waals surface area contributed by atoms with Crippen molar-refractivity contribution in [1.29, 1.82) is 0 Å². The number of hydrogen-bond acceptors (Lipinski definition) is 4. The van der Waals surface area contributed by atoms with E-state index < -0.39 is 12.1 Å². The number of anilines is 1. The largest absolute Gasteiger partial charge is 0.487 e. The predicted octanol–water partition coefficient (Wildman–Crippen LogP) is 4.35. The molecule has 6 nitrogen and oxygen atoms in total. The fourth-order valence-corrected chi connectivity index (χ4v) is 4.38. The van der Waals surface area contributed by atoms with E-state index in [-0.39, 0.29) is 30.8 Å². The molecule has 0 saturated heterocycles. The van der Waals surface area contributed by atoms with Crippen molar-refractivity contribution in [3.63, 3.8) is 0 Å². The monoisotopic (exact) mass is 531 g/mol. The Morgan fingerprint density at radius 2 is 1.94 bits per heavy atom. The molecule has 0 aromatic heterocycles. The number of nitrogens with one attached hydrogen (secondary N) is 2. The molecule has 0 aliphatic carbocycles. The molecule has 174 valence electrons. The molecule has 0 bridgehead atoms. The number of carbonyl (C=O) groups excluding carboxylic acids is 2. The van der Waals surface area contributed by atoms with Gasteiger partial charge in [0.05, 0.1) is 22.7 Å². The van der Waals surface area contributed by atoms with Crippen LogP contribution in [0.5, 0.6) is 5.75 Å². The Kier molecular flexibility index (Phi) is 8.00. The molecule has 2 amide bonds. The molecule has 0 saturated carbocycles. The van der Waals surface area contributed by atoms with Gasteiger partial charge in [-0.25, -0.2) is 0 Å². The van der Waals surface area contributed by atoms with Crippen LogP contribution in [0.3, 0.4) is 0 Å². The number of rotatable bonds is 5. The van der Waals surface area contributed by atoms with Crippen molar-refractivity contribution >= 4 is 56.6 Å². The minimum absolute atomic E-state index is 0. The SMILES string of the molecule is CN[C@@H](C)C(=O)N[C@H]1COc2c(Br)cccc2N(Cc2c(C)ccc3ccccc23)C1=O.Cl. The van der Waals surface area contributed by atoms with Gasteiger partial charge in [0.15, 0.2) is 5.75 Å². The highest BCUT2D eigenvalue weighted by Gasteiger charge is 2.34. The van der Waals surface area contributed by atoms with Crippen molar-refractivity contribution in [2.24, 2.45) is 0 Å². The lowest BCUT2D eigenvalue weighted by atomic mass is 9.99. The average molecular weight is 533 g/mol. The summed E-state index contributed by atoms with van der Waals surface area (Å²) in [6, 6.07) is 16.7. The highest BCUT2D eigenvalue weighted by Crippen LogP contribution is 2.39. The molecule has 3 aromatic rings. The first-order chi connectivity index (χ1) is 15.4. The summed E-state index contributed by atoms with van der Waals surface area (Å²) >= 11 is 3.55. The van der Waals surface area contributed by atoms with Crippen LogP contribution < -0.4 is 20.3 Å². The zero-order chi connectivity index (χ0) is 22.8. The van der Waals surface area contributed by atoms with E-state index in [2.05, 4.69) is 57.8 Å². The minimum atomic E-state index is -0.798. The molecule has 0 fully saturated rings. The van der Waals surface area contributed by atoms with Crippen molar-refractivity contribution < 1.29 is 14.3 Å². The summed E-state index contributed by atoms with van der Waals surface area (Å²) in [4.78, 5) is 28.0. The second kappa shape index (κ2) is 10.5. The smallest absolute Gasteiger partial charge is 0.253 e. The van der Waals surface area contributed by atoms with Gasteiger partial charge in [-0.05, 0) is 70.9 Å². The quantitative estimate of drug-likeness (QED) is 0.513. The van der Waals surface area contributed by atoms with Crippen LogP contribution in [0.1, 0.15) is 18.1 Å². The van der Waals surface area contributed by atoms with Gasteiger partial charge in [0, 0.05) is 0 Å². The molecule has 3 aromatic carbocycles. The Bertz CT molecular complexity index is 1190. The summed E-state index contributed by atoms with van der Waals surface area (Å²) in [5.74, 6) is 0.142. The third-order valence-electron chi connectivity index (χ3n) is 5.93. The van der Waals surface area contributed by atoms with Gasteiger partial charge in [0.25, 0.3) is 5.91 Å². The van der Waals surface area contributed by atoms with E-state index in [0.717, 1.165) is 26.4 Å². The Morgan fingerprint density at radius 1 is 1.18 bits per heavy atom. The Hall–Kier alpha value is -2.61. The van der Waals surface area contributed by atoms with Crippen molar-refractivity contribution in [3.05, 3.63) is 70.2 Å². The number of hydrogen-bond donors (Lipinski definition) is 2. The number of carbonyl (C=O) groups is 2. The lowest BCUT2D eigenvalue weighted by Gasteiger charge is -2.27. The van der Waals surface area contributed by atoms with Crippen molar-refractivity contribution in [1.82, 2.24) is 10.6 Å². The van der Waals surface area contributed by atoms with Gasteiger partial charge in [0.1, 0.15) is 12.6 Å². The number of likely N-dealkylation sites (N-methyl/N-ethyl adjacent to an activating group) is 1. The molecule has 0 spiro atoms. The molecule has 1 aliphatic rings. The van der Waals surface area contributed by atoms with Crippen molar-refractivity contribution in [3.8, 4) is 5.75 Å². The summed E-state index contributed by atoms with van der Waals surface area (Å²) < 4.78 is 6.78. The maximum absolute atomic E-state index is 13.7. The van der Waals surface area contributed by atoms with Gasteiger partial charge in [-0.2, -0.15) is 0 Å². The van der Waals surface area contributed by atoms with Crippen LogP contribution in [0.4, 0.5) is 5.69 Å². The fraction of sp³-hybridized carbons (Fsp3) is 0.280. The van der Waals surface area contributed by atoms with Crippen LogP contribution in [-0.4, -0.2) is 37.6 Å². The summed E-state index contributed by atoms with van der Waals surface area (Å²) in [6.45, 7) is 4.23. The third-order valence-corrected chi connectivity index (χ3v) is 6.55. The highest BCUT2D eigenvalue weighted by molar-refractivity contribution is 9.10. The molecule has 1 heterocycles. The first-order valence-electron chi connectivity index (χ1n) is 10.6. The van der Waals surface area contributed by atoms with E-state index in [0.29, 0.717) is 18.0 Å². The summed E-state index contributed by atoms with van der Waals surface area (Å²) in [7, 11) is 1.71. The van der Waals surface area contributed by atoms with Gasteiger partial charge in [-0.3, -0.25) is 9.59 Å². The molecule has 8 heteroatoms. The Balaban J connectivity index is 0.00000306. The first kappa shape index (κ1) is 25.0. The maximum Gasteiger partial charge on any atom is 0.253 e. The van der Waals surface area contributed by atoms with Gasteiger partial charge in [0.2, 0.25) is 5.91 Å². The van der Waals surface area contributed by atoms with Crippen LogP contribution in [0.2, 0.25) is 0 Å². The van der Waals surface area contributed by atoms with E-state index >= 15 is 0 Å². The molecule has 0 radical (unpaired) electrons. The standard InChI is InChI=1S/C25H26BrN3O3.ClH/c1-15-11-12-17-7-4-5-8-18(17)19(15)13-29-22-10-6-9-20(26)23(22)32-14-21(25(29)31)28-24(30)16(2)27-3;/h4-12,16,21,27H,13-14H2,1-3H3,(H,28,30);1H/t16-,21-;/m0./s1. The summed E-state index contributed by atoms with van der Waals surface area (Å²) in [5, 5.41) is 7.97. The van der Waals surface area contributed by atoms with Crippen LogP contribution >= 0.6 is 28.3 Å². The third kappa shape index (κ3) is 5.00. The predicted molar refractivity (Wildman–Crippen MR) is 137 cm³/mol. The number of ether oxygens (including phenoxy) is 1. The Morgan fingerprint density at radius 3 is 2.70 bits per heavy atom. The molecule has 2 N–H and O–H groups in total. The molecule has 1 aliphatic heterocycles. The van der Waals surface area contributed by atoms with Crippen LogP contribution in [0, 0.1) is 6.92 Å². The van der Waals surface area contributed by atoms with Crippen LogP contribution in [0.15, 0.2) is 59.1 Å². The van der Waals surface area contributed by atoms with Crippen molar-refractivity contribution in [2.75, 3.05) is 18.6 Å². The van der Waals surface area contributed by atoms with E-state index in [9.17, 15) is 9.59 Å². The number of fused-ring (bicyclic) bond motifs is 2. The number of para-hydroxylation sites is 1. The fourth-order valence-electron chi connectivity index (χ4n) is 3.90. The first-order valence-corrected chi connectivity index (χ1v) is 11.4. The summed E-state index contributed by atoms with van der Waals surface area (Å²) in [5.41, 5.74) is 2.84. The van der Waals surface area contributed by atoms with Gasteiger partial charge < -0.3 is 20.3 Å². The van der Waals surface area contributed by atoms with Crippen LogP contribution in [-0.2, 0) is 16.1 Å². The Labute approximate surface area is 208 Å². The van der Waals surface area contributed by atoms with Gasteiger partial charge >= 0.3 is 0 Å². The number of benzene rings is 3. The average Bonchev–Trinajstić information content (AvgIpc) is 2.93. The molecular formula is C25H27BrClN3O3. The maximum atomic E-state index is 13.7. The number of nitrogens with zero attached hydrogens (tertiary/aromatic N) is 1. The molecule has 33 heavy (non-hydrogen) atoms. The summed E-state index contributed by atoms with van der Waals surface area (Å²) in [6.07, 6.45) is 0. The topological polar surface area (TPSA) is 70.7 Å². The zero-order valence-electron chi connectivity index (χ0n) is 18.7. The second-order valence-electron chi connectivity index (χ2n) is 7.98. The molecule has 0 unspecified atom stereocenters. The molecular weight excluding hydrogens is 506 g/mol.